The Morgan fingerprint density at radius 1 is 1.39 bits per heavy atom. The molecule has 1 aromatic rings. The van der Waals surface area contributed by atoms with Crippen molar-refractivity contribution in [3.05, 3.63) is 29.3 Å². The molecule has 2 rings (SSSR count). The number of aryl methyl sites for hydroxylation is 2. The van der Waals surface area contributed by atoms with Gasteiger partial charge in [-0.05, 0) is 56.4 Å². The van der Waals surface area contributed by atoms with E-state index < -0.39 is 22.0 Å². The molecule has 0 spiro atoms. The Kier molecular flexibility index (Phi) is 4.17. The first-order valence-corrected chi connectivity index (χ1v) is 7.53. The van der Waals surface area contributed by atoms with Crippen molar-refractivity contribution in [2.45, 2.75) is 43.3 Å². The predicted octanol–water partition coefficient (Wildman–Crippen LogP) is 2.23. The molecule has 18 heavy (non-hydrogen) atoms. The highest BCUT2D eigenvalue weighted by molar-refractivity contribution is 7.86. The Morgan fingerprint density at radius 2 is 2.11 bits per heavy atom. The summed E-state index contributed by atoms with van der Waals surface area (Å²) < 4.78 is 17.2. The van der Waals surface area contributed by atoms with Crippen LogP contribution in [-0.2, 0) is 33.2 Å². The van der Waals surface area contributed by atoms with E-state index >= 15 is 0 Å². The van der Waals surface area contributed by atoms with Crippen molar-refractivity contribution in [2.24, 2.45) is 0 Å². The van der Waals surface area contributed by atoms with E-state index in [1.165, 1.54) is 17.5 Å². The Morgan fingerprint density at radius 3 is 2.83 bits per heavy atom. The van der Waals surface area contributed by atoms with Gasteiger partial charge in [-0.25, -0.2) is 0 Å². The zero-order valence-electron chi connectivity index (χ0n) is 10.8. The molecular formula is C14H18O3S. The first kappa shape index (κ1) is 13.3. The highest BCUT2D eigenvalue weighted by atomic mass is 32.2. The second kappa shape index (κ2) is 5.65. The van der Waals surface area contributed by atoms with Crippen molar-refractivity contribution in [2.75, 3.05) is 6.61 Å². The standard InChI is InChI=1S/C14H18O3S/c1-3-17-14(15)10(2)18(16)13-8-7-11-5-4-6-12(11)9-13/h7-10H,3-6H2,1-2H3. The number of esters is 1. The number of hydrogen-bond donors (Lipinski definition) is 0. The first-order chi connectivity index (χ1) is 8.63. The van der Waals surface area contributed by atoms with Crippen LogP contribution in [0.1, 0.15) is 31.4 Å². The molecule has 1 aromatic carbocycles. The minimum absolute atomic E-state index is 0.324. The molecule has 0 amide bonds. The van der Waals surface area contributed by atoms with E-state index in [0.29, 0.717) is 6.61 Å². The summed E-state index contributed by atoms with van der Waals surface area (Å²) >= 11 is 0. The molecule has 0 bridgehead atoms. The minimum atomic E-state index is -1.33. The van der Waals surface area contributed by atoms with Crippen LogP contribution in [0.25, 0.3) is 0 Å². The molecule has 0 aliphatic heterocycles. The molecule has 0 fully saturated rings. The number of rotatable bonds is 4. The molecule has 0 N–H and O–H groups in total. The Balaban J connectivity index is 2.16. The average molecular weight is 266 g/mol. The van der Waals surface area contributed by atoms with Gasteiger partial charge >= 0.3 is 5.97 Å². The van der Waals surface area contributed by atoms with E-state index in [1.54, 1.807) is 13.8 Å². The highest BCUT2D eigenvalue weighted by Gasteiger charge is 2.23. The first-order valence-electron chi connectivity index (χ1n) is 6.32. The van der Waals surface area contributed by atoms with Crippen LogP contribution in [-0.4, -0.2) is 22.0 Å². The van der Waals surface area contributed by atoms with Gasteiger partial charge in [-0.3, -0.25) is 9.00 Å². The summed E-state index contributed by atoms with van der Waals surface area (Å²) in [5.41, 5.74) is 2.62. The van der Waals surface area contributed by atoms with Gasteiger partial charge in [0.15, 0.2) is 0 Å². The van der Waals surface area contributed by atoms with Crippen molar-refractivity contribution in [1.82, 2.24) is 0 Å². The summed E-state index contributed by atoms with van der Waals surface area (Å²) in [6.07, 6.45) is 3.32. The Hall–Kier alpha value is -1.16. The van der Waals surface area contributed by atoms with Crippen LogP contribution in [0.3, 0.4) is 0 Å². The van der Waals surface area contributed by atoms with Gasteiger partial charge in [-0.2, -0.15) is 0 Å². The monoisotopic (exact) mass is 266 g/mol. The molecule has 3 nitrogen and oxygen atoms in total. The smallest absolute Gasteiger partial charge is 0.321 e. The lowest BCUT2D eigenvalue weighted by atomic mass is 10.1. The predicted molar refractivity (Wildman–Crippen MR) is 71.0 cm³/mol. The van der Waals surface area contributed by atoms with Crippen LogP contribution in [0.5, 0.6) is 0 Å². The van der Waals surface area contributed by atoms with Crippen molar-refractivity contribution >= 4 is 16.8 Å². The molecule has 98 valence electrons. The fourth-order valence-electron chi connectivity index (χ4n) is 2.22. The molecule has 4 heteroatoms. The minimum Gasteiger partial charge on any atom is -0.465 e. The van der Waals surface area contributed by atoms with E-state index in [-0.39, 0.29) is 0 Å². The lowest BCUT2D eigenvalue weighted by Crippen LogP contribution is -2.25. The number of carbonyl (C=O) groups is 1. The largest absolute Gasteiger partial charge is 0.465 e. The number of ether oxygens (including phenoxy) is 1. The van der Waals surface area contributed by atoms with Crippen LogP contribution in [0.2, 0.25) is 0 Å². The zero-order chi connectivity index (χ0) is 13.1. The van der Waals surface area contributed by atoms with E-state index in [2.05, 4.69) is 0 Å². The summed E-state index contributed by atoms with van der Waals surface area (Å²) in [6, 6.07) is 5.89. The zero-order valence-corrected chi connectivity index (χ0v) is 11.6. The number of fused-ring (bicyclic) bond motifs is 1. The molecule has 0 radical (unpaired) electrons. The van der Waals surface area contributed by atoms with Gasteiger partial charge in [0.25, 0.3) is 0 Å². The third kappa shape index (κ3) is 2.64. The van der Waals surface area contributed by atoms with E-state index in [9.17, 15) is 9.00 Å². The third-order valence-corrected chi connectivity index (χ3v) is 4.80. The summed E-state index contributed by atoms with van der Waals surface area (Å²) in [6.45, 7) is 3.73. The summed E-state index contributed by atoms with van der Waals surface area (Å²) in [5.74, 6) is -0.392. The fraction of sp³-hybridized carbons (Fsp3) is 0.500. The van der Waals surface area contributed by atoms with Crippen molar-refractivity contribution in [3.63, 3.8) is 0 Å². The Bertz CT molecular complexity index is 482. The van der Waals surface area contributed by atoms with Crippen molar-refractivity contribution in [1.29, 1.82) is 0 Å². The van der Waals surface area contributed by atoms with Gasteiger partial charge in [0.05, 0.1) is 17.4 Å². The van der Waals surface area contributed by atoms with Gasteiger partial charge in [-0.15, -0.1) is 0 Å². The fourth-order valence-corrected chi connectivity index (χ4v) is 3.34. The van der Waals surface area contributed by atoms with E-state index in [4.69, 9.17) is 4.74 Å². The molecule has 0 aromatic heterocycles. The second-order valence-electron chi connectivity index (χ2n) is 4.48. The maximum atomic E-state index is 12.3. The number of hydrogen-bond acceptors (Lipinski definition) is 3. The van der Waals surface area contributed by atoms with E-state index in [0.717, 1.165) is 17.7 Å². The summed E-state index contributed by atoms with van der Waals surface area (Å²) in [5, 5.41) is -0.607. The van der Waals surface area contributed by atoms with Gasteiger partial charge in [0, 0.05) is 4.90 Å². The number of carbonyl (C=O) groups excluding carboxylic acids is 1. The van der Waals surface area contributed by atoms with Crippen molar-refractivity contribution < 1.29 is 13.7 Å². The maximum absolute atomic E-state index is 12.3. The maximum Gasteiger partial charge on any atom is 0.321 e. The quantitative estimate of drug-likeness (QED) is 0.785. The second-order valence-corrected chi connectivity index (χ2v) is 6.25. The van der Waals surface area contributed by atoms with Crippen LogP contribution in [0, 0.1) is 0 Å². The summed E-state index contributed by atoms with van der Waals surface area (Å²) in [7, 11) is -1.33. The van der Waals surface area contributed by atoms with Crippen LogP contribution >= 0.6 is 0 Å². The molecule has 0 heterocycles. The van der Waals surface area contributed by atoms with Gasteiger partial charge in [-0.1, -0.05) is 6.07 Å². The highest BCUT2D eigenvalue weighted by Crippen LogP contribution is 2.25. The van der Waals surface area contributed by atoms with Gasteiger partial charge < -0.3 is 4.74 Å². The normalized spacial score (nSPS) is 17.0. The third-order valence-electron chi connectivity index (χ3n) is 3.24. The molecule has 0 saturated heterocycles. The topological polar surface area (TPSA) is 43.4 Å². The molecular weight excluding hydrogens is 248 g/mol. The van der Waals surface area contributed by atoms with Crippen LogP contribution in [0.15, 0.2) is 23.1 Å². The van der Waals surface area contributed by atoms with Crippen LogP contribution in [0.4, 0.5) is 0 Å². The molecule has 2 unspecified atom stereocenters. The lowest BCUT2D eigenvalue weighted by molar-refractivity contribution is -0.142. The molecule has 0 saturated carbocycles. The molecule has 2 atom stereocenters. The van der Waals surface area contributed by atoms with Crippen molar-refractivity contribution in [3.8, 4) is 0 Å². The van der Waals surface area contributed by atoms with Crippen LogP contribution < -0.4 is 0 Å². The van der Waals surface area contributed by atoms with Gasteiger partial charge in [0.1, 0.15) is 5.25 Å². The molecule has 1 aliphatic carbocycles. The average Bonchev–Trinajstić information content (AvgIpc) is 2.84. The van der Waals surface area contributed by atoms with E-state index in [1.807, 2.05) is 18.2 Å². The SMILES string of the molecule is CCOC(=O)C(C)S(=O)c1ccc2c(c1)CCC2. The Labute approximate surface area is 110 Å². The summed E-state index contributed by atoms with van der Waals surface area (Å²) in [4.78, 5) is 12.3. The molecule has 1 aliphatic rings. The van der Waals surface area contributed by atoms with Gasteiger partial charge in [0.2, 0.25) is 0 Å². The lowest BCUT2D eigenvalue weighted by Gasteiger charge is -2.11. The number of benzene rings is 1.